The molecule has 19 heavy (non-hydrogen) atoms. The summed E-state index contributed by atoms with van der Waals surface area (Å²) in [4.78, 5) is 0. The summed E-state index contributed by atoms with van der Waals surface area (Å²) in [5.74, 6) is 2.65. The van der Waals surface area contributed by atoms with Crippen LogP contribution in [0.4, 0.5) is 0 Å². The van der Waals surface area contributed by atoms with Gasteiger partial charge in [-0.1, -0.05) is 40.0 Å². The van der Waals surface area contributed by atoms with Crippen LogP contribution in [0.15, 0.2) is 0 Å². The van der Waals surface area contributed by atoms with Crippen molar-refractivity contribution in [1.82, 2.24) is 5.32 Å². The van der Waals surface area contributed by atoms with Crippen molar-refractivity contribution in [3.05, 3.63) is 0 Å². The van der Waals surface area contributed by atoms with Crippen LogP contribution in [-0.4, -0.2) is 25.3 Å². The summed E-state index contributed by atoms with van der Waals surface area (Å²) in [6.07, 6.45) is 10.1. The van der Waals surface area contributed by atoms with E-state index in [9.17, 15) is 0 Å². The zero-order valence-electron chi connectivity index (χ0n) is 13.2. The lowest BCUT2D eigenvalue weighted by molar-refractivity contribution is 0.0627. The zero-order valence-corrected chi connectivity index (χ0v) is 13.2. The monoisotopic (exact) mass is 267 g/mol. The van der Waals surface area contributed by atoms with Gasteiger partial charge in [0.15, 0.2) is 0 Å². The van der Waals surface area contributed by atoms with Gasteiger partial charge in [-0.05, 0) is 44.1 Å². The van der Waals surface area contributed by atoms with Crippen molar-refractivity contribution in [2.45, 2.75) is 77.9 Å². The van der Waals surface area contributed by atoms with Crippen LogP contribution in [0.3, 0.4) is 0 Å². The van der Waals surface area contributed by atoms with E-state index in [-0.39, 0.29) is 0 Å². The lowest BCUT2D eigenvalue weighted by Gasteiger charge is -2.38. The lowest BCUT2D eigenvalue weighted by atomic mass is 9.73. The number of ether oxygens (including phenoxy) is 1. The Labute approximate surface area is 119 Å². The molecule has 112 valence electrons. The summed E-state index contributed by atoms with van der Waals surface area (Å²) in [6.45, 7) is 8.97. The number of hydrogen-bond donors (Lipinski definition) is 1. The van der Waals surface area contributed by atoms with Crippen molar-refractivity contribution in [2.24, 2.45) is 17.8 Å². The van der Waals surface area contributed by atoms with Crippen molar-refractivity contribution in [3.8, 4) is 0 Å². The highest BCUT2D eigenvalue weighted by molar-refractivity contribution is 4.91. The highest BCUT2D eigenvalue weighted by Crippen LogP contribution is 2.38. The Morgan fingerprint density at radius 3 is 2.32 bits per heavy atom. The molecule has 2 nitrogen and oxygen atoms in total. The van der Waals surface area contributed by atoms with E-state index in [0.29, 0.717) is 12.1 Å². The summed E-state index contributed by atoms with van der Waals surface area (Å²) in [5, 5.41) is 3.81. The minimum Gasteiger partial charge on any atom is -0.378 e. The standard InChI is InChI=1S/C17H33NO/c1-4-13-7-9-14(10-8-13)17(18-6-3)15-11-12-19-16(15)5-2/h13-18H,4-12H2,1-3H3. The van der Waals surface area contributed by atoms with Crippen LogP contribution in [-0.2, 0) is 4.74 Å². The van der Waals surface area contributed by atoms with E-state index in [1.807, 2.05) is 0 Å². The van der Waals surface area contributed by atoms with Crippen LogP contribution in [0.25, 0.3) is 0 Å². The summed E-state index contributed by atoms with van der Waals surface area (Å²) >= 11 is 0. The van der Waals surface area contributed by atoms with Crippen LogP contribution in [0.5, 0.6) is 0 Å². The summed E-state index contributed by atoms with van der Waals surface area (Å²) in [6, 6.07) is 0.704. The van der Waals surface area contributed by atoms with Crippen LogP contribution in [0, 0.1) is 17.8 Å². The molecule has 3 unspecified atom stereocenters. The number of hydrogen-bond acceptors (Lipinski definition) is 2. The minimum atomic E-state index is 0.507. The minimum absolute atomic E-state index is 0.507. The third kappa shape index (κ3) is 3.72. The first-order valence-corrected chi connectivity index (χ1v) is 8.65. The molecule has 0 spiro atoms. The van der Waals surface area contributed by atoms with Crippen LogP contribution in [0.1, 0.15) is 65.7 Å². The Bertz CT molecular complexity index is 248. The van der Waals surface area contributed by atoms with Gasteiger partial charge in [0.25, 0.3) is 0 Å². The number of nitrogens with one attached hydrogen (secondary N) is 1. The molecule has 3 atom stereocenters. The molecular formula is C17H33NO. The number of rotatable bonds is 6. The largest absolute Gasteiger partial charge is 0.378 e. The highest BCUT2D eigenvalue weighted by Gasteiger charge is 2.38. The lowest BCUT2D eigenvalue weighted by Crippen LogP contribution is -2.46. The first-order chi connectivity index (χ1) is 9.30. The van der Waals surface area contributed by atoms with Gasteiger partial charge in [0.1, 0.15) is 0 Å². The molecule has 0 aromatic heterocycles. The molecule has 0 bridgehead atoms. The normalized spacial score (nSPS) is 37.4. The van der Waals surface area contributed by atoms with Crippen molar-refractivity contribution in [2.75, 3.05) is 13.2 Å². The van der Waals surface area contributed by atoms with E-state index in [0.717, 1.165) is 30.9 Å². The average Bonchev–Trinajstić information content (AvgIpc) is 2.93. The van der Waals surface area contributed by atoms with E-state index in [2.05, 4.69) is 26.1 Å². The third-order valence-electron chi connectivity index (χ3n) is 5.54. The second-order valence-corrected chi connectivity index (χ2v) is 6.54. The first-order valence-electron chi connectivity index (χ1n) is 8.65. The molecule has 1 saturated heterocycles. The van der Waals surface area contributed by atoms with Crippen LogP contribution < -0.4 is 5.32 Å². The van der Waals surface area contributed by atoms with Crippen molar-refractivity contribution < 1.29 is 4.74 Å². The Balaban J connectivity index is 1.95. The van der Waals surface area contributed by atoms with Gasteiger partial charge in [0.2, 0.25) is 0 Å². The van der Waals surface area contributed by atoms with E-state index >= 15 is 0 Å². The third-order valence-corrected chi connectivity index (χ3v) is 5.54. The van der Waals surface area contributed by atoms with Crippen molar-refractivity contribution in [3.63, 3.8) is 0 Å². The van der Waals surface area contributed by atoms with Gasteiger partial charge in [-0.2, -0.15) is 0 Å². The Morgan fingerprint density at radius 2 is 1.74 bits per heavy atom. The molecular weight excluding hydrogens is 234 g/mol. The Hall–Kier alpha value is -0.0800. The van der Waals surface area contributed by atoms with Crippen molar-refractivity contribution in [1.29, 1.82) is 0 Å². The topological polar surface area (TPSA) is 21.3 Å². The molecule has 1 heterocycles. The Kier molecular flexibility index (Phi) is 6.15. The van der Waals surface area contributed by atoms with Gasteiger partial charge in [-0.25, -0.2) is 0 Å². The predicted octanol–water partition coefficient (Wildman–Crippen LogP) is 4.00. The molecule has 2 fully saturated rings. The fourth-order valence-corrected chi connectivity index (χ4v) is 4.36. The van der Waals surface area contributed by atoms with Crippen molar-refractivity contribution >= 4 is 0 Å². The fourth-order valence-electron chi connectivity index (χ4n) is 4.36. The summed E-state index contributed by atoms with van der Waals surface area (Å²) < 4.78 is 5.94. The van der Waals surface area contributed by atoms with Gasteiger partial charge in [-0.15, -0.1) is 0 Å². The average molecular weight is 267 g/mol. The SMILES string of the molecule is CCNC(C1CCC(CC)CC1)C1CCOC1CC. The summed E-state index contributed by atoms with van der Waals surface area (Å²) in [5.41, 5.74) is 0. The molecule has 0 radical (unpaired) electrons. The highest BCUT2D eigenvalue weighted by atomic mass is 16.5. The second kappa shape index (κ2) is 7.64. The molecule has 1 saturated carbocycles. The molecule has 0 aromatic carbocycles. The molecule has 0 amide bonds. The maximum atomic E-state index is 5.94. The summed E-state index contributed by atoms with van der Waals surface area (Å²) in [7, 11) is 0. The molecule has 2 rings (SSSR count). The van der Waals surface area contributed by atoms with Crippen LogP contribution >= 0.6 is 0 Å². The fraction of sp³-hybridized carbons (Fsp3) is 1.00. The molecule has 2 aliphatic rings. The van der Waals surface area contributed by atoms with Gasteiger partial charge in [-0.3, -0.25) is 0 Å². The molecule has 1 aliphatic carbocycles. The maximum Gasteiger partial charge on any atom is 0.0616 e. The molecule has 1 N–H and O–H groups in total. The van der Waals surface area contributed by atoms with E-state index in [4.69, 9.17) is 4.74 Å². The van der Waals surface area contributed by atoms with E-state index in [1.54, 1.807) is 0 Å². The quantitative estimate of drug-likeness (QED) is 0.785. The maximum absolute atomic E-state index is 5.94. The zero-order chi connectivity index (χ0) is 13.7. The smallest absolute Gasteiger partial charge is 0.0616 e. The van der Waals surface area contributed by atoms with Crippen LogP contribution in [0.2, 0.25) is 0 Å². The van der Waals surface area contributed by atoms with Gasteiger partial charge < -0.3 is 10.1 Å². The molecule has 2 heteroatoms. The molecule has 1 aliphatic heterocycles. The predicted molar refractivity (Wildman–Crippen MR) is 81.3 cm³/mol. The second-order valence-electron chi connectivity index (χ2n) is 6.54. The first kappa shape index (κ1) is 15.3. The van der Waals surface area contributed by atoms with E-state index < -0.39 is 0 Å². The van der Waals surface area contributed by atoms with Gasteiger partial charge >= 0.3 is 0 Å². The van der Waals surface area contributed by atoms with Gasteiger partial charge in [0, 0.05) is 18.6 Å². The molecule has 0 aromatic rings. The van der Waals surface area contributed by atoms with Gasteiger partial charge in [0.05, 0.1) is 6.10 Å². The van der Waals surface area contributed by atoms with E-state index in [1.165, 1.54) is 44.9 Å². The Morgan fingerprint density at radius 1 is 1.00 bits per heavy atom.